The van der Waals surface area contributed by atoms with E-state index < -0.39 is 0 Å². The van der Waals surface area contributed by atoms with Crippen molar-refractivity contribution in [3.8, 4) is 27.9 Å². The Morgan fingerprint density at radius 2 is 1.02 bits per heavy atom. The van der Waals surface area contributed by atoms with Gasteiger partial charge in [-0.3, -0.25) is 0 Å². The lowest BCUT2D eigenvalue weighted by Crippen LogP contribution is -2.11. The van der Waals surface area contributed by atoms with Crippen molar-refractivity contribution in [3.63, 3.8) is 0 Å². The second kappa shape index (κ2) is 10.7. The number of aromatic nitrogens is 1. The van der Waals surface area contributed by atoms with Crippen LogP contribution in [0.3, 0.4) is 0 Å². The zero-order valence-electron chi connectivity index (χ0n) is 28.6. The van der Waals surface area contributed by atoms with Crippen LogP contribution in [0.4, 0.5) is 17.1 Å². The molecule has 0 N–H and O–H groups in total. The predicted octanol–water partition coefficient (Wildman–Crippen LogP) is 14.1. The Morgan fingerprint density at radius 3 is 1.81 bits per heavy atom. The molecule has 0 unspecified atom stereocenters. The highest BCUT2D eigenvalue weighted by atomic mass is 16.3. The zero-order chi connectivity index (χ0) is 34.6. The summed E-state index contributed by atoms with van der Waals surface area (Å²) in [5, 5.41) is 9.68. The third kappa shape index (κ3) is 3.99. The number of hydrogen-bond acceptors (Lipinski definition) is 2. The lowest BCUT2D eigenvalue weighted by atomic mass is 9.92. The molecule has 246 valence electrons. The van der Waals surface area contributed by atoms with Gasteiger partial charge in [-0.1, -0.05) is 115 Å². The van der Waals surface area contributed by atoms with Crippen molar-refractivity contribution in [2.75, 3.05) is 4.90 Å². The smallest absolute Gasteiger partial charge is 0.136 e. The molecule has 1 aliphatic rings. The summed E-state index contributed by atoms with van der Waals surface area (Å²) in [7, 11) is 0. The lowest BCUT2D eigenvalue weighted by Gasteiger charge is -2.28. The van der Waals surface area contributed by atoms with E-state index in [4.69, 9.17) is 4.42 Å². The van der Waals surface area contributed by atoms with Gasteiger partial charge in [0.05, 0.1) is 16.7 Å². The van der Waals surface area contributed by atoms with Gasteiger partial charge in [0.1, 0.15) is 11.2 Å². The van der Waals surface area contributed by atoms with Crippen LogP contribution in [-0.2, 0) is 0 Å². The van der Waals surface area contributed by atoms with E-state index in [0.29, 0.717) is 0 Å². The fourth-order valence-corrected chi connectivity index (χ4v) is 9.03. The normalized spacial score (nSPS) is 12.2. The highest BCUT2D eigenvalue weighted by molar-refractivity contribution is 6.32. The number of furan rings is 1. The van der Waals surface area contributed by atoms with Gasteiger partial charge in [0, 0.05) is 49.4 Å². The molecule has 2 aromatic heterocycles. The summed E-state index contributed by atoms with van der Waals surface area (Å²) in [5.41, 5.74) is 13.7. The molecule has 0 saturated carbocycles. The van der Waals surface area contributed by atoms with Crippen LogP contribution in [0.2, 0.25) is 0 Å². The molecule has 0 amide bonds. The zero-order valence-corrected chi connectivity index (χ0v) is 28.6. The maximum atomic E-state index is 6.48. The molecule has 0 aliphatic heterocycles. The summed E-state index contributed by atoms with van der Waals surface area (Å²) in [6, 6.07) is 66.1. The van der Waals surface area contributed by atoms with Crippen LogP contribution in [0.1, 0.15) is 0 Å². The summed E-state index contributed by atoms with van der Waals surface area (Å²) >= 11 is 0. The quantitative estimate of drug-likeness (QED) is 0.185. The predicted molar refractivity (Wildman–Crippen MR) is 222 cm³/mol. The molecule has 0 fully saturated rings. The van der Waals surface area contributed by atoms with Gasteiger partial charge in [-0.05, 0) is 99.8 Å². The number of para-hydroxylation sites is 2. The number of benzene rings is 9. The second-order valence-corrected chi connectivity index (χ2v) is 14.1. The van der Waals surface area contributed by atoms with E-state index in [1.165, 1.54) is 65.6 Å². The first-order chi connectivity index (χ1) is 26.3. The molecular formula is C50H30N2O. The number of anilines is 3. The SMILES string of the molecule is c1ccc(N(c2ccc3oc4cc5ccccc5cc4c3c2)c2cc3c4c5c(cccc25)-c2ccccc2-c2cccc(c24)n3-c2ccccc2)cc1. The summed E-state index contributed by atoms with van der Waals surface area (Å²) in [6.45, 7) is 0. The minimum Gasteiger partial charge on any atom is -0.456 e. The summed E-state index contributed by atoms with van der Waals surface area (Å²) in [6.07, 6.45) is 0. The van der Waals surface area contributed by atoms with Crippen molar-refractivity contribution in [3.05, 3.63) is 182 Å². The molecule has 53 heavy (non-hydrogen) atoms. The topological polar surface area (TPSA) is 21.3 Å². The third-order valence-corrected chi connectivity index (χ3v) is 11.3. The van der Waals surface area contributed by atoms with E-state index >= 15 is 0 Å². The summed E-state index contributed by atoms with van der Waals surface area (Å²) in [5.74, 6) is 0. The van der Waals surface area contributed by atoms with Crippen molar-refractivity contribution >= 4 is 82.4 Å². The molecule has 12 rings (SSSR count). The molecule has 1 aliphatic carbocycles. The lowest BCUT2D eigenvalue weighted by molar-refractivity contribution is 0.669. The van der Waals surface area contributed by atoms with E-state index in [-0.39, 0.29) is 0 Å². The first-order valence-corrected chi connectivity index (χ1v) is 18.2. The number of hydrogen-bond donors (Lipinski definition) is 0. The Kier molecular flexibility index (Phi) is 5.77. The number of rotatable bonds is 4. The van der Waals surface area contributed by atoms with Crippen molar-refractivity contribution in [1.29, 1.82) is 0 Å². The van der Waals surface area contributed by atoms with E-state index in [1.54, 1.807) is 0 Å². The first-order valence-electron chi connectivity index (χ1n) is 18.2. The number of fused-ring (bicyclic) bond motifs is 7. The Bertz CT molecular complexity index is 3280. The van der Waals surface area contributed by atoms with Gasteiger partial charge in [0.15, 0.2) is 0 Å². The maximum Gasteiger partial charge on any atom is 0.136 e. The minimum absolute atomic E-state index is 0.883. The highest BCUT2D eigenvalue weighted by Gasteiger charge is 2.28. The highest BCUT2D eigenvalue weighted by Crippen LogP contribution is 2.53. The molecular weight excluding hydrogens is 645 g/mol. The van der Waals surface area contributed by atoms with Gasteiger partial charge in [-0.2, -0.15) is 0 Å². The number of nitrogens with zero attached hydrogens (tertiary/aromatic N) is 2. The standard InChI is InChI=1S/C50H30N2O/c1-3-15-33(16-4-1)51(35-25-26-46-42(29-35)41-27-31-13-7-8-14-32(31)28-47(41)53-46)44-30-45-50-48-38(21-11-23-40(44)48)36-19-9-10-20-37(36)39-22-12-24-43(49(39)50)52(45)34-17-5-2-6-18-34/h1-30H. The van der Waals surface area contributed by atoms with Crippen molar-refractivity contribution < 1.29 is 4.42 Å². The Hall–Kier alpha value is -7.10. The largest absolute Gasteiger partial charge is 0.456 e. The van der Waals surface area contributed by atoms with Crippen LogP contribution in [-0.4, -0.2) is 4.57 Å². The maximum absolute atomic E-state index is 6.48. The Morgan fingerprint density at radius 1 is 0.377 bits per heavy atom. The van der Waals surface area contributed by atoms with Crippen LogP contribution in [0.25, 0.3) is 93.2 Å². The molecule has 2 heterocycles. The van der Waals surface area contributed by atoms with Crippen molar-refractivity contribution in [2.24, 2.45) is 0 Å². The summed E-state index contributed by atoms with van der Waals surface area (Å²) < 4.78 is 8.94. The van der Waals surface area contributed by atoms with Crippen LogP contribution < -0.4 is 4.90 Å². The minimum atomic E-state index is 0.883. The third-order valence-electron chi connectivity index (χ3n) is 11.3. The Labute approximate surface area is 305 Å². The monoisotopic (exact) mass is 674 g/mol. The van der Waals surface area contributed by atoms with E-state index in [9.17, 15) is 0 Å². The fourth-order valence-electron chi connectivity index (χ4n) is 9.03. The van der Waals surface area contributed by atoms with E-state index in [1.807, 2.05) is 0 Å². The molecule has 3 heteroatoms. The van der Waals surface area contributed by atoms with E-state index in [0.717, 1.165) is 44.7 Å². The molecule has 0 saturated heterocycles. The van der Waals surface area contributed by atoms with Gasteiger partial charge < -0.3 is 13.9 Å². The fraction of sp³-hybridized carbons (Fsp3) is 0. The van der Waals surface area contributed by atoms with Gasteiger partial charge in [-0.25, -0.2) is 0 Å². The molecule has 3 nitrogen and oxygen atoms in total. The van der Waals surface area contributed by atoms with Crippen molar-refractivity contribution in [1.82, 2.24) is 4.57 Å². The second-order valence-electron chi connectivity index (χ2n) is 14.1. The van der Waals surface area contributed by atoms with Gasteiger partial charge in [-0.15, -0.1) is 0 Å². The molecule has 0 radical (unpaired) electrons. The average Bonchev–Trinajstić information content (AvgIpc) is 3.71. The van der Waals surface area contributed by atoms with Crippen LogP contribution in [0.5, 0.6) is 0 Å². The van der Waals surface area contributed by atoms with E-state index in [2.05, 4.69) is 191 Å². The Balaban J connectivity index is 1.24. The van der Waals surface area contributed by atoms with Gasteiger partial charge >= 0.3 is 0 Å². The average molecular weight is 675 g/mol. The van der Waals surface area contributed by atoms with Crippen LogP contribution in [0, 0.1) is 0 Å². The molecule has 11 aromatic rings. The first kappa shape index (κ1) is 28.6. The molecule has 0 bridgehead atoms. The van der Waals surface area contributed by atoms with Crippen LogP contribution >= 0.6 is 0 Å². The molecule has 0 spiro atoms. The van der Waals surface area contributed by atoms with Gasteiger partial charge in [0.2, 0.25) is 0 Å². The van der Waals surface area contributed by atoms with Gasteiger partial charge in [0.25, 0.3) is 0 Å². The van der Waals surface area contributed by atoms with Crippen LogP contribution in [0.15, 0.2) is 186 Å². The molecule has 0 atom stereocenters. The summed E-state index contributed by atoms with van der Waals surface area (Å²) in [4.78, 5) is 2.43. The molecule has 9 aromatic carbocycles. The van der Waals surface area contributed by atoms with Crippen molar-refractivity contribution in [2.45, 2.75) is 0 Å².